The summed E-state index contributed by atoms with van der Waals surface area (Å²) in [6, 6.07) is 12.8. The quantitative estimate of drug-likeness (QED) is 0.563. The number of nitrogens with zero attached hydrogens (tertiary/aromatic N) is 4. The number of methoxy groups -OCH3 is 1. The first kappa shape index (κ1) is 22.0. The number of benzene rings is 2. The Balaban J connectivity index is 1.24. The Bertz CT molecular complexity index is 1060. The zero-order valence-electron chi connectivity index (χ0n) is 18.4. The highest BCUT2D eigenvalue weighted by atomic mass is 19.1. The zero-order chi connectivity index (χ0) is 22.5. The van der Waals surface area contributed by atoms with Crippen molar-refractivity contribution < 1.29 is 18.4 Å². The Kier molecular flexibility index (Phi) is 6.80. The molecule has 4 rings (SSSR count). The van der Waals surface area contributed by atoms with E-state index in [2.05, 4.69) is 15.0 Å². The SMILES string of the molecule is COc1ccc(CCC(=O)N2CCN(Cc3nc(-c4ccc(C)cc4)no3)CC2)cc1F. The molecule has 1 aromatic heterocycles. The van der Waals surface area contributed by atoms with Gasteiger partial charge >= 0.3 is 0 Å². The third-order valence-electron chi connectivity index (χ3n) is 5.71. The Hall–Kier alpha value is -3.26. The van der Waals surface area contributed by atoms with Gasteiger partial charge in [0.2, 0.25) is 17.6 Å². The van der Waals surface area contributed by atoms with Gasteiger partial charge < -0.3 is 14.2 Å². The molecule has 0 spiro atoms. The second kappa shape index (κ2) is 9.91. The van der Waals surface area contributed by atoms with Gasteiger partial charge in [0.1, 0.15) is 0 Å². The molecule has 1 aliphatic rings. The number of ether oxygens (including phenoxy) is 1. The van der Waals surface area contributed by atoms with Gasteiger partial charge in [0.15, 0.2) is 11.6 Å². The van der Waals surface area contributed by atoms with Gasteiger partial charge in [-0.05, 0) is 31.0 Å². The summed E-state index contributed by atoms with van der Waals surface area (Å²) in [7, 11) is 1.43. The van der Waals surface area contributed by atoms with Crippen molar-refractivity contribution in [2.75, 3.05) is 33.3 Å². The molecular formula is C24H27FN4O3. The van der Waals surface area contributed by atoms with Gasteiger partial charge in [0.25, 0.3) is 0 Å². The first-order valence-electron chi connectivity index (χ1n) is 10.7. The minimum absolute atomic E-state index is 0.0836. The highest BCUT2D eigenvalue weighted by Crippen LogP contribution is 2.20. The van der Waals surface area contributed by atoms with Crippen molar-refractivity contribution in [1.82, 2.24) is 19.9 Å². The smallest absolute Gasteiger partial charge is 0.241 e. The number of amides is 1. The molecule has 0 radical (unpaired) electrons. The highest BCUT2D eigenvalue weighted by molar-refractivity contribution is 5.76. The van der Waals surface area contributed by atoms with Gasteiger partial charge in [-0.2, -0.15) is 4.98 Å². The minimum Gasteiger partial charge on any atom is -0.494 e. The van der Waals surface area contributed by atoms with Gasteiger partial charge in [-0.3, -0.25) is 9.69 Å². The monoisotopic (exact) mass is 438 g/mol. The molecule has 2 aromatic carbocycles. The number of halogens is 1. The molecule has 8 heteroatoms. The van der Waals surface area contributed by atoms with E-state index in [0.29, 0.717) is 44.2 Å². The van der Waals surface area contributed by atoms with Crippen molar-refractivity contribution in [3.8, 4) is 17.1 Å². The van der Waals surface area contributed by atoms with E-state index < -0.39 is 5.82 Å². The second-order valence-corrected chi connectivity index (χ2v) is 8.00. The number of aromatic nitrogens is 2. The first-order chi connectivity index (χ1) is 15.5. The lowest BCUT2D eigenvalue weighted by atomic mass is 10.1. The molecule has 1 fully saturated rings. The van der Waals surface area contributed by atoms with E-state index in [-0.39, 0.29) is 11.7 Å². The van der Waals surface area contributed by atoms with Crippen LogP contribution >= 0.6 is 0 Å². The van der Waals surface area contributed by atoms with Crippen LogP contribution in [0.3, 0.4) is 0 Å². The van der Waals surface area contributed by atoms with E-state index in [1.807, 2.05) is 36.1 Å². The van der Waals surface area contributed by atoms with E-state index in [9.17, 15) is 9.18 Å². The zero-order valence-corrected chi connectivity index (χ0v) is 18.4. The number of piperazine rings is 1. The summed E-state index contributed by atoms with van der Waals surface area (Å²) in [5.41, 5.74) is 2.90. The molecule has 1 amide bonds. The molecule has 2 heterocycles. The molecular weight excluding hydrogens is 411 g/mol. The van der Waals surface area contributed by atoms with Crippen molar-refractivity contribution in [2.24, 2.45) is 0 Å². The van der Waals surface area contributed by atoms with Crippen LogP contribution in [0.1, 0.15) is 23.4 Å². The second-order valence-electron chi connectivity index (χ2n) is 8.00. The fraction of sp³-hybridized carbons (Fsp3) is 0.375. The van der Waals surface area contributed by atoms with Crippen LogP contribution in [-0.2, 0) is 17.8 Å². The Morgan fingerprint density at radius 1 is 1.12 bits per heavy atom. The van der Waals surface area contributed by atoms with E-state index in [0.717, 1.165) is 24.2 Å². The van der Waals surface area contributed by atoms with Crippen LogP contribution in [0, 0.1) is 12.7 Å². The van der Waals surface area contributed by atoms with Crippen molar-refractivity contribution in [1.29, 1.82) is 0 Å². The molecule has 0 N–H and O–H groups in total. The fourth-order valence-corrected chi connectivity index (χ4v) is 3.76. The number of rotatable bonds is 7. The van der Waals surface area contributed by atoms with Crippen LogP contribution in [0.5, 0.6) is 5.75 Å². The van der Waals surface area contributed by atoms with Gasteiger partial charge in [-0.15, -0.1) is 0 Å². The molecule has 0 saturated carbocycles. The van der Waals surface area contributed by atoms with E-state index >= 15 is 0 Å². The van der Waals surface area contributed by atoms with Crippen molar-refractivity contribution in [2.45, 2.75) is 26.3 Å². The molecule has 7 nitrogen and oxygen atoms in total. The maximum Gasteiger partial charge on any atom is 0.241 e. The van der Waals surface area contributed by atoms with E-state index in [4.69, 9.17) is 9.26 Å². The molecule has 0 aliphatic carbocycles. The van der Waals surface area contributed by atoms with Crippen LogP contribution in [-0.4, -0.2) is 59.1 Å². The lowest BCUT2D eigenvalue weighted by Crippen LogP contribution is -2.48. The molecule has 168 valence electrons. The lowest BCUT2D eigenvalue weighted by molar-refractivity contribution is -0.133. The Morgan fingerprint density at radius 3 is 2.56 bits per heavy atom. The van der Waals surface area contributed by atoms with E-state index in [1.165, 1.54) is 18.7 Å². The fourth-order valence-electron chi connectivity index (χ4n) is 3.76. The topological polar surface area (TPSA) is 71.7 Å². The van der Waals surface area contributed by atoms with Gasteiger partial charge in [-0.25, -0.2) is 4.39 Å². The van der Waals surface area contributed by atoms with Crippen molar-refractivity contribution in [3.05, 3.63) is 65.3 Å². The van der Waals surface area contributed by atoms with Crippen LogP contribution < -0.4 is 4.74 Å². The van der Waals surface area contributed by atoms with Crippen LogP contribution in [0.15, 0.2) is 47.0 Å². The number of carbonyl (C=O) groups is 1. The molecule has 0 bridgehead atoms. The molecule has 32 heavy (non-hydrogen) atoms. The lowest BCUT2D eigenvalue weighted by Gasteiger charge is -2.34. The van der Waals surface area contributed by atoms with Crippen LogP contribution in [0.25, 0.3) is 11.4 Å². The summed E-state index contributed by atoms with van der Waals surface area (Å²) in [6.45, 7) is 5.38. The summed E-state index contributed by atoms with van der Waals surface area (Å²) < 4.78 is 24.2. The average Bonchev–Trinajstić information content (AvgIpc) is 3.27. The third-order valence-corrected chi connectivity index (χ3v) is 5.71. The summed E-state index contributed by atoms with van der Waals surface area (Å²) in [4.78, 5) is 21.1. The minimum atomic E-state index is -0.405. The normalized spacial score (nSPS) is 14.5. The Labute approximate surface area is 186 Å². The van der Waals surface area contributed by atoms with Crippen molar-refractivity contribution in [3.63, 3.8) is 0 Å². The number of aryl methyl sites for hydroxylation is 2. The third kappa shape index (κ3) is 5.31. The van der Waals surface area contributed by atoms with Gasteiger partial charge in [0, 0.05) is 38.2 Å². The summed E-state index contributed by atoms with van der Waals surface area (Å²) in [5, 5.41) is 4.08. The first-order valence-corrected chi connectivity index (χ1v) is 10.7. The molecule has 0 unspecified atom stereocenters. The maximum atomic E-state index is 13.8. The maximum absolute atomic E-state index is 13.8. The van der Waals surface area contributed by atoms with Gasteiger partial charge in [0.05, 0.1) is 13.7 Å². The summed E-state index contributed by atoms with van der Waals surface area (Å²) in [6.07, 6.45) is 0.860. The molecule has 3 aromatic rings. The number of hydrogen-bond acceptors (Lipinski definition) is 6. The largest absolute Gasteiger partial charge is 0.494 e. The number of hydrogen-bond donors (Lipinski definition) is 0. The predicted molar refractivity (Wildman–Crippen MR) is 118 cm³/mol. The van der Waals surface area contributed by atoms with E-state index in [1.54, 1.807) is 12.1 Å². The average molecular weight is 439 g/mol. The Morgan fingerprint density at radius 2 is 1.88 bits per heavy atom. The molecule has 1 saturated heterocycles. The van der Waals surface area contributed by atoms with Crippen molar-refractivity contribution >= 4 is 5.91 Å². The van der Waals surface area contributed by atoms with Crippen LogP contribution in [0.2, 0.25) is 0 Å². The standard InChI is InChI=1S/C24H27FN4O3/c1-17-3-7-19(8-4-17)24-26-22(32-27-24)16-28-11-13-29(14-12-28)23(30)10-6-18-5-9-21(31-2)20(25)15-18/h3-5,7-9,15H,6,10-14,16H2,1-2H3. The highest BCUT2D eigenvalue weighted by Gasteiger charge is 2.22. The number of carbonyl (C=O) groups excluding carboxylic acids is 1. The molecule has 1 aliphatic heterocycles. The molecule has 0 atom stereocenters. The predicted octanol–water partition coefficient (Wildman–Crippen LogP) is 3.47. The van der Waals surface area contributed by atoms with Gasteiger partial charge in [-0.1, -0.05) is 41.1 Å². The summed E-state index contributed by atoms with van der Waals surface area (Å²) >= 11 is 0. The van der Waals surface area contributed by atoms with Crippen LogP contribution in [0.4, 0.5) is 4.39 Å². The summed E-state index contributed by atoms with van der Waals surface area (Å²) in [5.74, 6) is 1.05.